The summed E-state index contributed by atoms with van der Waals surface area (Å²) in [6.07, 6.45) is 0.759. The van der Waals surface area contributed by atoms with Gasteiger partial charge < -0.3 is 30.7 Å². The highest BCUT2D eigenvalue weighted by molar-refractivity contribution is 5.89. The first-order chi connectivity index (χ1) is 15.3. The first kappa shape index (κ1) is 24.7. The molecule has 0 bridgehead atoms. The molecular formula is C23H28N2O7. The number of carbonyl (C=O) groups excluding carboxylic acids is 1. The number of rotatable bonds is 13. The van der Waals surface area contributed by atoms with Gasteiger partial charge in [0.25, 0.3) is 0 Å². The Labute approximate surface area is 186 Å². The predicted octanol–water partition coefficient (Wildman–Crippen LogP) is 1.58. The molecule has 172 valence electrons. The van der Waals surface area contributed by atoms with Crippen molar-refractivity contribution in [2.24, 2.45) is 0 Å². The zero-order valence-corrected chi connectivity index (χ0v) is 17.8. The van der Waals surface area contributed by atoms with Crippen LogP contribution in [0.2, 0.25) is 0 Å². The fourth-order valence-electron chi connectivity index (χ4n) is 3.21. The molecule has 0 saturated heterocycles. The van der Waals surface area contributed by atoms with Crippen LogP contribution >= 0.6 is 0 Å². The summed E-state index contributed by atoms with van der Waals surface area (Å²) in [4.78, 5) is 35.4. The van der Waals surface area contributed by atoms with Gasteiger partial charge in [-0.3, -0.25) is 9.59 Å². The molecule has 0 fully saturated rings. The summed E-state index contributed by atoms with van der Waals surface area (Å²) < 4.78 is 5.00. The van der Waals surface area contributed by atoms with Crippen molar-refractivity contribution in [3.05, 3.63) is 59.7 Å². The number of carboxylic acids is 2. The van der Waals surface area contributed by atoms with Gasteiger partial charge in [-0.15, -0.1) is 0 Å². The van der Waals surface area contributed by atoms with Crippen molar-refractivity contribution in [3.8, 4) is 11.5 Å². The molecule has 0 unspecified atom stereocenters. The third-order valence-corrected chi connectivity index (χ3v) is 4.87. The maximum Gasteiger partial charge on any atom is 0.326 e. The van der Waals surface area contributed by atoms with E-state index in [9.17, 15) is 24.6 Å². The Balaban J connectivity index is 1.92. The van der Waals surface area contributed by atoms with Crippen LogP contribution in [-0.2, 0) is 27.2 Å². The molecular weight excluding hydrogens is 416 g/mol. The van der Waals surface area contributed by atoms with Gasteiger partial charge in [0, 0.05) is 6.42 Å². The molecule has 0 aliphatic heterocycles. The fourth-order valence-corrected chi connectivity index (χ4v) is 3.21. The minimum absolute atomic E-state index is 0.0271. The number of nitrogens with one attached hydrogen (secondary N) is 2. The lowest BCUT2D eigenvalue weighted by molar-refractivity contribution is -0.143. The molecule has 9 nitrogen and oxygen atoms in total. The largest absolute Gasteiger partial charge is 0.504 e. The van der Waals surface area contributed by atoms with Crippen LogP contribution in [-0.4, -0.2) is 58.9 Å². The highest BCUT2D eigenvalue weighted by atomic mass is 16.5. The van der Waals surface area contributed by atoms with Crippen molar-refractivity contribution in [2.45, 2.75) is 37.8 Å². The Morgan fingerprint density at radius 2 is 1.72 bits per heavy atom. The lowest BCUT2D eigenvalue weighted by atomic mass is 10.0. The summed E-state index contributed by atoms with van der Waals surface area (Å²) >= 11 is 0. The molecule has 32 heavy (non-hydrogen) atoms. The minimum atomic E-state index is -1.20. The Morgan fingerprint density at radius 3 is 2.31 bits per heavy atom. The molecule has 0 aromatic heterocycles. The fraction of sp³-hybridized carbons (Fsp3) is 0.348. The SMILES string of the molecule is COc1ccc(CCCN[C@@H](CC(=O)O)C(=O)N[C@@H](Cc2ccccc2)C(=O)O)cc1O. The molecule has 0 spiro atoms. The van der Waals surface area contributed by atoms with E-state index in [1.54, 1.807) is 48.5 Å². The number of methoxy groups -OCH3 is 1. The number of hydrogen-bond acceptors (Lipinski definition) is 6. The molecule has 9 heteroatoms. The van der Waals surface area contributed by atoms with Crippen molar-refractivity contribution < 1.29 is 34.4 Å². The van der Waals surface area contributed by atoms with E-state index in [4.69, 9.17) is 9.84 Å². The third-order valence-electron chi connectivity index (χ3n) is 4.87. The van der Waals surface area contributed by atoms with Crippen molar-refractivity contribution in [3.63, 3.8) is 0 Å². The van der Waals surface area contributed by atoms with Crippen molar-refractivity contribution in [2.75, 3.05) is 13.7 Å². The van der Waals surface area contributed by atoms with Crippen molar-refractivity contribution >= 4 is 17.8 Å². The van der Waals surface area contributed by atoms with E-state index in [0.29, 0.717) is 25.1 Å². The molecule has 2 atom stereocenters. The molecule has 0 aliphatic rings. The van der Waals surface area contributed by atoms with Crippen LogP contribution in [0.3, 0.4) is 0 Å². The van der Waals surface area contributed by atoms with E-state index in [-0.39, 0.29) is 12.2 Å². The van der Waals surface area contributed by atoms with Crippen LogP contribution in [0.4, 0.5) is 0 Å². The Kier molecular flexibility index (Phi) is 9.49. The Hall–Kier alpha value is -3.59. The van der Waals surface area contributed by atoms with Crippen molar-refractivity contribution in [1.82, 2.24) is 10.6 Å². The summed E-state index contributed by atoms with van der Waals surface area (Å²) in [6, 6.07) is 11.6. The van der Waals surface area contributed by atoms with Gasteiger partial charge in [-0.25, -0.2) is 4.79 Å². The second-order valence-electron chi connectivity index (χ2n) is 7.30. The first-order valence-corrected chi connectivity index (χ1v) is 10.2. The topological polar surface area (TPSA) is 145 Å². The average Bonchev–Trinajstić information content (AvgIpc) is 2.75. The number of benzene rings is 2. The minimum Gasteiger partial charge on any atom is -0.504 e. The number of aromatic hydroxyl groups is 1. The second kappa shape index (κ2) is 12.3. The molecule has 5 N–H and O–H groups in total. The second-order valence-corrected chi connectivity index (χ2v) is 7.30. The number of aryl methyl sites for hydroxylation is 1. The van der Waals surface area contributed by atoms with Crippen LogP contribution in [0.25, 0.3) is 0 Å². The van der Waals surface area contributed by atoms with E-state index in [0.717, 1.165) is 11.1 Å². The molecule has 0 saturated carbocycles. The van der Waals surface area contributed by atoms with Gasteiger partial charge >= 0.3 is 11.9 Å². The smallest absolute Gasteiger partial charge is 0.326 e. The van der Waals surface area contributed by atoms with Crippen molar-refractivity contribution in [1.29, 1.82) is 0 Å². The lowest BCUT2D eigenvalue weighted by Gasteiger charge is -2.20. The van der Waals surface area contributed by atoms with E-state index in [1.807, 2.05) is 0 Å². The van der Waals surface area contributed by atoms with Crippen LogP contribution in [0.15, 0.2) is 48.5 Å². The molecule has 0 aliphatic carbocycles. The number of ether oxygens (including phenoxy) is 1. The Bertz CT molecular complexity index is 918. The number of phenols is 1. The number of carboxylic acid groups (broad SMARTS) is 2. The van der Waals surface area contributed by atoms with E-state index >= 15 is 0 Å². The number of amides is 1. The standard InChI is InChI=1S/C23H28N2O7/c1-32-20-10-9-16(13-19(20)26)8-5-11-24-17(14-21(27)28)22(29)25-18(23(30)31)12-15-6-3-2-4-7-15/h2-4,6-7,9-10,13,17-18,24,26H,5,8,11-12,14H2,1H3,(H,25,29)(H,27,28)(H,30,31)/t17-,18-/m0/s1. The quantitative estimate of drug-likeness (QED) is 0.293. The van der Waals surface area contributed by atoms with Gasteiger partial charge in [0.15, 0.2) is 11.5 Å². The number of hydrogen-bond donors (Lipinski definition) is 5. The number of phenolic OH excluding ortho intramolecular Hbond substituents is 1. The van der Waals surface area contributed by atoms with Crippen LogP contribution < -0.4 is 15.4 Å². The lowest BCUT2D eigenvalue weighted by Crippen LogP contribution is -2.51. The van der Waals surface area contributed by atoms with Gasteiger partial charge in [0.1, 0.15) is 6.04 Å². The van der Waals surface area contributed by atoms with Crippen LogP contribution in [0.1, 0.15) is 24.0 Å². The molecule has 0 radical (unpaired) electrons. The summed E-state index contributed by atoms with van der Waals surface area (Å²) in [5, 5.41) is 33.8. The van der Waals surface area contributed by atoms with Crippen LogP contribution in [0.5, 0.6) is 11.5 Å². The third kappa shape index (κ3) is 7.92. The Morgan fingerprint density at radius 1 is 1.00 bits per heavy atom. The normalized spacial score (nSPS) is 12.5. The molecule has 0 heterocycles. The monoisotopic (exact) mass is 444 g/mol. The van der Waals surface area contributed by atoms with Gasteiger partial charge in [-0.1, -0.05) is 36.4 Å². The zero-order chi connectivity index (χ0) is 23.5. The van der Waals surface area contributed by atoms with Gasteiger partial charge in [-0.2, -0.15) is 0 Å². The van der Waals surface area contributed by atoms with Gasteiger partial charge in [0.2, 0.25) is 5.91 Å². The summed E-state index contributed by atoms with van der Waals surface area (Å²) in [5.74, 6) is -2.66. The highest BCUT2D eigenvalue weighted by Crippen LogP contribution is 2.26. The van der Waals surface area contributed by atoms with Gasteiger partial charge in [-0.05, 0) is 42.6 Å². The molecule has 2 aromatic carbocycles. The molecule has 2 rings (SSSR count). The molecule has 1 amide bonds. The first-order valence-electron chi connectivity index (χ1n) is 10.2. The number of carbonyl (C=O) groups is 3. The van der Waals surface area contributed by atoms with E-state index in [1.165, 1.54) is 7.11 Å². The highest BCUT2D eigenvalue weighted by Gasteiger charge is 2.26. The predicted molar refractivity (Wildman–Crippen MR) is 117 cm³/mol. The summed E-state index contributed by atoms with van der Waals surface area (Å²) in [7, 11) is 1.46. The summed E-state index contributed by atoms with van der Waals surface area (Å²) in [5.41, 5.74) is 1.60. The molecule has 2 aromatic rings. The average molecular weight is 444 g/mol. The summed E-state index contributed by atoms with van der Waals surface area (Å²) in [6.45, 7) is 0.328. The van der Waals surface area contributed by atoms with E-state index < -0.39 is 36.4 Å². The maximum absolute atomic E-state index is 12.6. The number of aliphatic carboxylic acids is 2. The zero-order valence-electron chi connectivity index (χ0n) is 17.8. The van der Waals surface area contributed by atoms with Gasteiger partial charge in [0.05, 0.1) is 19.6 Å². The van der Waals surface area contributed by atoms with E-state index in [2.05, 4.69) is 10.6 Å². The van der Waals surface area contributed by atoms with Crippen LogP contribution in [0, 0.1) is 0 Å². The maximum atomic E-state index is 12.6.